The first-order valence-corrected chi connectivity index (χ1v) is 23.1. The molecule has 0 aliphatic carbocycles. The van der Waals surface area contributed by atoms with Crippen molar-refractivity contribution >= 4 is 108 Å². The Hall–Kier alpha value is -6.80. The van der Waals surface area contributed by atoms with E-state index in [-0.39, 0.29) is 14.5 Å². The van der Waals surface area contributed by atoms with Crippen LogP contribution >= 0.6 is 11.3 Å². The summed E-state index contributed by atoms with van der Waals surface area (Å²) in [7, 11) is 0. The topological polar surface area (TPSA) is 0 Å². The second-order valence-electron chi connectivity index (χ2n) is 15.8. The van der Waals surface area contributed by atoms with Crippen molar-refractivity contribution in [1.29, 1.82) is 0 Å². The van der Waals surface area contributed by atoms with E-state index in [2.05, 4.69) is 206 Å². The summed E-state index contributed by atoms with van der Waals surface area (Å²) in [6.45, 7) is 0. The van der Waals surface area contributed by atoms with E-state index in [1.165, 1.54) is 127 Å². The number of fused-ring (bicyclic) bond motifs is 10. The molecule has 0 unspecified atom stereocenters. The van der Waals surface area contributed by atoms with Crippen molar-refractivity contribution in [2.45, 2.75) is 0 Å². The third-order valence-electron chi connectivity index (χ3n) is 12.6. The van der Waals surface area contributed by atoms with Crippen LogP contribution in [-0.4, -0.2) is 14.5 Å². The number of hydrogen-bond donors (Lipinski definition) is 0. The van der Waals surface area contributed by atoms with Crippen molar-refractivity contribution in [2.24, 2.45) is 0 Å². The molecule has 13 rings (SSSR count). The van der Waals surface area contributed by atoms with Gasteiger partial charge in [-0.05, 0) is 6.07 Å². The zero-order valence-electron chi connectivity index (χ0n) is 32.4. The average molecular weight is 842 g/mol. The van der Waals surface area contributed by atoms with Crippen molar-refractivity contribution < 1.29 is 0 Å². The van der Waals surface area contributed by atoms with Crippen molar-refractivity contribution in [3.8, 4) is 44.5 Å². The van der Waals surface area contributed by atoms with Gasteiger partial charge in [0.25, 0.3) is 0 Å². The molecule has 0 spiro atoms. The predicted molar refractivity (Wildman–Crippen MR) is 263 cm³/mol. The van der Waals surface area contributed by atoms with Gasteiger partial charge in [-0.3, -0.25) is 0 Å². The molecule has 2 aromatic heterocycles. The molecule has 0 saturated carbocycles. The first-order chi connectivity index (χ1) is 29.8. The van der Waals surface area contributed by atoms with E-state index in [0.29, 0.717) is 0 Å². The summed E-state index contributed by atoms with van der Waals surface area (Å²) in [5.74, 6) is 0. The molecule has 0 saturated heterocycles. The molecule has 0 aliphatic rings. The molecule has 2 heteroatoms. The zero-order chi connectivity index (χ0) is 39.3. The van der Waals surface area contributed by atoms with Gasteiger partial charge < -0.3 is 0 Å². The quantitative estimate of drug-likeness (QED) is 0.122. The van der Waals surface area contributed by atoms with Crippen LogP contribution in [0.25, 0.3) is 127 Å². The summed E-state index contributed by atoms with van der Waals surface area (Å²) in [5.41, 5.74) is 10.4. The molecule has 0 amide bonds. The Labute approximate surface area is 357 Å². The van der Waals surface area contributed by atoms with Gasteiger partial charge in [0, 0.05) is 0 Å². The number of hydrogen-bond acceptors (Lipinski definition) is 1. The summed E-state index contributed by atoms with van der Waals surface area (Å²) < 4.78 is 5.57. The minimum absolute atomic E-state index is 0.164. The first-order valence-electron chi connectivity index (χ1n) is 20.6. The second kappa shape index (κ2) is 13.4. The van der Waals surface area contributed by atoms with Crippen LogP contribution in [0, 0.1) is 0 Å². The van der Waals surface area contributed by atoms with E-state index in [4.69, 9.17) is 0 Å². The van der Waals surface area contributed by atoms with Crippen molar-refractivity contribution in [3.05, 3.63) is 206 Å². The van der Waals surface area contributed by atoms with Gasteiger partial charge in [0.15, 0.2) is 0 Å². The maximum absolute atomic E-state index is 2.51. The van der Waals surface area contributed by atoms with Crippen molar-refractivity contribution in [3.63, 3.8) is 0 Å². The summed E-state index contributed by atoms with van der Waals surface area (Å²) in [5, 5.41) is 15.8. The molecule has 0 atom stereocenters. The average Bonchev–Trinajstić information content (AvgIpc) is 3.88. The molecule has 0 bridgehead atoms. The van der Waals surface area contributed by atoms with Gasteiger partial charge in [-0.2, -0.15) is 0 Å². The zero-order valence-corrected chi connectivity index (χ0v) is 35.0. The SMILES string of the molecule is c1ccc(-c2c3ccccc3c(-c3ccc4c(c3)[se]c3cccc(-c5c6ccccc6c(-c6ccc7c(c6)sc6ccccc67)c6ccccc56)c34)c3ccccc23)cc1. The van der Waals surface area contributed by atoms with E-state index >= 15 is 0 Å². The predicted octanol–water partition coefficient (Wildman–Crippen LogP) is 16.7. The fourth-order valence-corrected chi connectivity index (χ4v) is 13.8. The molecule has 0 N–H and O–H groups in total. The molecule has 0 radical (unpaired) electrons. The van der Waals surface area contributed by atoms with Crippen LogP contribution in [0.1, 0.15) is 0 Å². The Bertz CT molecular complexity index is 3770. The number of rotatable bonds is 4. The fraction of sp³-hybridized carbons (Fsp3) is 0. The molecular weight excluding hydrogens is 808 g/mol. The Morgan fingerprint density at radius 1 is 0.267 bits per heavy atom. The van der Waals surface area contributed by atoms with Crippen LogP contribution in [0.3, 0.4) is 0 Å². The van der Waals surface area contributed by atoms with Crippen LogP contribution in [0.15, 0.2) is 206 Å². The monoisotopic (exact) mass is 842 g/mol. The molecular formula is C58H34SSe. The molecule has 13 aromatic rings. The maximum atomic E-state index is 2.51. The van der Waals surface area contributed by atoms with E-state index in [1.54, 1.807) is 0 Å². The van der Waals surface area contributed by atoms with E-state index < -0.39 is 0 Å². The first kappa shape index (κ1) is 34.1. The molecule has 0 nitrogen and oxygen atoms in total. The minimum atomic E-state index is 0.164. The standard InChI is InChI=1S/C58H34SSe/c1-2-15-35(16-3-1)54-40-18-4-6-20-42(40)56(43-21-7-5-19-41(43)54)37-30-32-48-53(34-37)60-52-28-14-26-49(58(48)52)57-46-24-10-8-22-44(46)55(45-23-9-11-25-47(45)57)36-29-31-39-38-17-12-13-27-50(38)59-51(39)33-36/h1-34H. The fourth-order valence-electron chi connectivity index (χ4n) is 10.2. The van der Waals surface area contributed by atoms with E-state index in [1.807, 2.05) is 11.3 Å². The number of benzene rings is 11. The van der Waals surface area contributed by atoms with Crippen LogP contribution in [-0.2, 0) is 0 Å². The molecule has 60 heavy (non-hydrogen) atoms. The summed E-state index contributed by atoms with van der Waals surface area (Å²) in [6, 6.07) is 77.3. The molecule has 0 aliphatic heterocycles. The third-order valence-corrected chi connectivity index (χ3v) is 16.1. The van der Waals surface area contributed by atoms with Gasteiger partial charge in [-0.15, -0.1) is 0 Å². The molecule has 278 valence electrons. The van der Waals surface area contributed by atoms with Crippen molar-refractivity contribution in [1.82, 2.24) is 0 Å². The van der Waals surface area contributed by atoms with Crippen LogP contribution in [0.4, 0.5) is 0 Å². The van der Waals surface area contributed by atoms with E-state index in [0.717, 1.165) is 0 Å². The van der Waals surface area contributed by atoms with Gasteiger partial charge in [0.2, 0.25) is 0 Å². The van der Waals surface area contributed by atoms with Gasteiger partial charge in [-0.25, -0.2) is 0 Å². The normalized spacial score (nSPS) is 12.0. The molecule has 2 heterocycles. The van der Waals surface area contributed by atoms with Gasteiger partial charge in [0.05, 0.1) is 0 Å². The van der Waals surface area contributed by atoms with Gasteiger partial charge in [0.1, 0.15) is 0 Å². The second-order valence-corrected chi connectivity index (χ2v) is 19.2. The van der Waals surface area contributed by atoms with Crippen LogP contribution in [0.5, 0.6) is 0 Å². The van der Waals surface area contributed by atoms with Gasteiger partial charge in [-0.1, -0.05) is 18.2 Å². The Morgan fingerprint density at radius 3 is 1.30 bits per heavy atom. The Kier molecular flexibility index (Phi) is 7.59. The third kappa shape index (κ3) is 5.03. The summed E-state index contributed by atoms with van der Waals surface area (Å²) in [4.78, 5) is 0. The number of thiophene rings is 1. The Balaban J connectivity index is 1.04. The van der Waals surface area contributed by atoms with Crippen molar-refractivity contribution in [2.75, 3.05) is 0 Å². The summed E-state index contributed by atoms with van der Waals surface area (Å²) in [6.07, 6.45) is 0. The molecule has 0 fully saturated rings. The van der Waals surface area contributed by atoms with Gasteiger partial charge >= 0.3 is 335 Å². The summed E-state index contributed by atoms with van der Waals surface area (Å²) >= 11 is 2.05. The van der Waals surface area contributed by atoms with Crippen LogP contribution in [0.2, 0.25) is 0 Å². The Morgan fingerprint density at radius 2 is 0.717 bits per heavy atom. The molecule has 11 aromatic carbocycles. The van der Waals surface area contributed by atoms with Crippen LogP contribution < -0.4 is 0 Å². The van der Waals surface area contributed by atoms with E-state index in [9.17, 15) is 0 Å².